The number of amides is 1. The van der Waals surface area contributed by atoms with Crippen LogP contribution in [0.3, 0.4) is 0 Å². The number of thioether (sulfide) groups is 1. The first-order valence-corrected chi connectivity index (χ1v) is 12.2. The van der Waals surface area contributed by atoms with Crippen molar-refractivity contribution in [3.63, 3.8) is 0 Å². The van der Waals surface area contributed by atoms with Crippen molar-refractivity contribution in [3.05, 3.63) is 48.2 Å². The Kier molecular flexibility index (Phi) is 7.51. The second-order valence-electron chi connectivity index (χ2n) is 7.34. The van der Waals surface area contributed by atoms with Gasteiger partial charge in [0.05, 0.1) is 23.5 Å². The van der Waals surface area contributed by atoms with Crippen molar-refractivity contribution >= 4 is 33.4 Å². The number of sulfonamides is 1. The van der Waals surface area contributed by atoms with Gasteiger partial charge in [0.15, 0.2) is 0 Å². The number of rotatable bonds is 7. The molecule has 0 saturated carbocycles. The molecule has 1 amide bonds. The van der Waals surface area contributed by atoms with Crippen LogP contribution < -0.4 is 5.32 Å². The van der Waals surface area contributed by atoms with Crippen molar-refractivity contribution in [3.8, 4) is 0 Å². The number of ether oxygens (including phenoxy) is 1. The van der Waals surface area contributed by atoms with Crippen molar-refractivity contribution < 1.29 is 17.9 Å². The molecule has 1 aromatic carbocycles. The number of para-hydroxylation sites is 1. The SMILES string of the molecule is CC(Sc1ccc(S(=O)(=O)N2CCOCC2)cn1)C(=O)Nc1ccccc1C(C)C. The fraction of sp³-hybridized carbons (Fsp3) is 0.429. The average Bonchev–Trinajstić information content (AvgIpc) is 2.75. The van der Waals surface area contributed by atoms with Crippen LogP contribution >= 0.6 is 11.8 Å². The maximum atomic E-state index is 12.7. The lowest BCUT2D eigenvalue weighted by Crippen LogP contribution is -2.40. The minimum atomic E-state index is -3.57. The van der Waals surface area contributed by atoms with E-state index in [1.165, 1.54) is 22.3 Å². The summed E-state index contributed by atoms with van der Waals surface area (Å²) >= 11 is 1.29. The molecule has 0 aliphatic carbocycles. The second kappa shape index (κ2) is 9.91. The molecule has 2 heterocycles. The van der Waals surface area contributed by atoms with Crippen LogP contribution in [-0.2, 0) is 19.6 Å². The van der Waals surface area contributed by atoms with Gasteiger partial charge in [0.1, 0.15) is 4.90 Å². The number of morpholine rings is 1. The van der Waals surface area contributed by atoms with E-state index < -0.39 is 10.0 Å². The summed E-state index contributed by atoms with van der Waals surface area (Å²) in [6.45, 7) is 7.44. The fourth-order valence-electron chi connectivity index (χ4n) is 3.11. The molecular weight excluding hydrogens is 422 g/mol. The Morgan fingerprint density at radius 3 is 2.47 bits per heavy atom. The number of carbonyl (C=O) groups excluding carboxylic acids is 1. The third kappa shape index (κ3) is 5.40. The number of hydrogen-bond donors (Lipinski definition) is 1. The predicted molar refractivity (Wildman–Crippen MR) is 118 cm³/mol. The largest absolute Gasteiger partial charge is 0.379 e. The normalized spacial score (nSPS) is 16.4. The fourth-order valence-corrected chi connectivity index (χ4v) is 5.25. The Labute approximate surface area is 182 Å². The molecule has 1 saturated heterocycles. The zero-order valence-corrected chi connectivity index (χ0v) is 19.0. The van der Waals surface area contributed by atoms with E-state index in [1.807, 2.05) is 24.3 Å². The highest BCUT2D eigenvalue weighted by Gasteiger charge is 2.26. The molecule has 1 atom stereocenters. The number of anilines is 1. The first-order chi connectivity index (χ1) is 14.3. The lowest BCUT2D eigenvalue weighted by atomic mass is 10.0. The molecule has 1 fully saturated rings. The van der Waals surface area contributed by atoms with Gasteiger partial charge in [-0.25, -0.2) is 13.4 Å². The summed E-state index contributed by atoms with van der Waals surface area (Å²) in [5, 5.41) is 3.19. The first-order valence-electron chi connectivity index (χ1n) is 9.89. The molecule has 1 aliphatic heterocycles. The number of benzene rings is 1. The summed E-state index contributed by atoms with van der Waals surface area (Å²) < 4.78 is 32.0. The minimum Gasteiger partial charge on any atom is -0.379 e. The number of hydrogen-bond acceptors (Lipinski definition) is 6. The van der Waals surface area contributed by atoms with Crippen LogP contribution in [0.5, 0.6) is 0 Å². The molecule has 162 valence electrons. The number of nitrogens with one attached hydrogen (secondary N) is 1. The number of carbonyl (C=O) groups is 1. The van der Waals surface area contributed by atoms with E-state index >= 15 is 0 Å². The zero-order chi connectivity index (χ0) is 21.7. The van der Waals surface area contributed by atoms with Gasteiger partial charge in [0.2, 0.25) is 15.9 Å². The molecule has 0 spiro atoms. The highest BCUT2D eigenvalue weighted by molar-refractivity contribution is 8.00. The number of nitrogens with zero attached hydrogens (tertiary/aromatic N) is 2. The predicted octanol–water partition coefficient (Wildman–Crippen LogP) is 3.35. The van der Waals surface area contributed by atoms with Crippen LogP contribution in [0, 0.1) is 0 Å². The Bertz CT molecular complexity index is 972. The lowest BCUT2D eigenvalue weighted by molar-refractivity contribution is -0.115. The van der Waals surface area contributed by atoms with E-state index in [4.69, 9.17) is 4.74 Å². The van der Waals surface area contributed by atoms with E-state index in [0.717, 1.165) is 11.3 Å². The van der Waals surface area contributed by atoms with Crippen LogP contribution in [0.1, 0.15) is 32.3 Å². The van der Waals surface area contributed by atoms with E-state index in [9.17, 15) is 13.2 Å². The van der Waals surface area contributed by atoms with Gasteiger partial charge in [0.25, 0.3) is 0 Å². The molecule has 7 nitrogen and oxygen atoms in total. The van der Waals surface area contributed by atoms with Crippen LogP contribution in [0.25, 0.3) is 0 Å². The standard InChI is InChI=1S/C21H27N3O4S2/c1-15(2)18-6-4-5-7-19(18)23-21(25)16(3)29-20-9-8-17(14-22-20)30(26,27)24-10-12-28-13-11-24/h4-9,14-16H,10-13H2,1-3H3,(H,23,25). The average molecular weight is 450 g/mol. The van der Waals surface area contributed by atoms with Crippen molar-refractivity contribution in [2.75, 3.05) is 31.6 Å². The molecule has 3 rings (SSSR count). The topological polar surface area (TPSA) is 88.6 Å². The van der Waals surface area contributed by atoms with Gasteiger partial charge < -0.3 is 10.1 Å². The van der Waals surface area contributed by atoms with Crippen molar-refractivity contribution in [2.24, 2.45) is 0 Å². The molecule has 30 heavy (non-hydrogen) atoms. The summed E-state index contributed by atoms with van der Waals surface area (Å²) in [5.41, 5.74) is 1.89. The Hall–Kier alpha value is -1.94. The summed E-state index contributed by atoms with van der Waals surface area (Å²) in [5.74, 6) is 0.173. The van der Waals surface area contributed by atoms with Crippen molar-refractivity contribution in [1.29, 1.82) is 0 Å². The van der Waals surface area contributed by atoms with Gasteiger partial charge in [-0.3, -0.25) is 4.79 Å². The molecule has 0 bridgehead atoms. The molecular formula is C21H27N3O4S2. The maximum Gasteiger partial charge on any atom is 0.244 e. The third-order valence-corrected chi connectivity index (χ3v) is 7.76. The number of aromatic nitrogens is 1. The van der Waals surface area contributed by atoms with Gasteiger partial charge in [-0.1, -0.05) is 43.8 Å². The van der Waals surface area contributed by atoms with Crippen molar-refractivity contribution in [1.82, 2.24) is 9.29 Å². The second-order valence-corrected chi connectivity index (χ2v) is 10.6. The van der Waals surface area contributed by atoms with Gasteiger partial charge in [-0.2, -0.15) is 4.31 Å². The van der Waals surface area contributed by atoms with E-state index in [2.05, 4.69) is 24.1 Å². The lowest BCUT2D eigenvalue weighted by Gasteiger charge is -2.25. The molecule has 1 aromatic heterocycles. The summed E-state index contributed by atoms with van der Waals surface area (Å²) in [7, 11) is -3.57. The summed E-state index contributed by atoms with van der Waals surface area (Å²) in [6, 6.07) is 10.9. The highest BCUT2D eigenvalue weighted by Crippen LogP contribution is 2.27. The van der Waals surface area contributed by atoms with Gasteiger partial charge in [-0.05, 0) is 36.6 Å². The van der Waals surface area contributed by atoms with E-state index in [1.54, 1.807) is 19.1 Å². The smallest absolute Gasteiger partial charge is 0.244 e. The van der Waals surface area contributed by atoms with E-state index in [-0.39, 0.29) is 16.1 Å². The van der Waals surface area contributed by atoms with Gasteiger partial charge in [-0.15, -0.1) is 0 Å². The zero-order valence-electron chi connectivity index (χ0n) is 17.4. The van der Waals surface area contributed by atoms with Crippen LogP contribution in [0.4, 0.5) is 5.69 Å². The summed E-state index contributed by atoms with van der Waals surface area (Å²) in [4.78, 5) is 17.1. The Morgan fingerprint density at radius 2 is 1.83 bits per heavy atom. The van der Waals surface area contributed by atoms with Crippen molar-refractivity contribution in [2.45, 2.75) is 41.9 Å². The van der Waals surface area contributed by atoms with Crippen LogP contribution in [0.15, 0.2) is 52.5 Å². The van der Waals surface area contributed by atoms with Gasteiger partial charge >= 0.3 is 0 Å². The quantitative estimate of drug-likeness (QED) is 0.652. The molecule has 9 heteroatoms. The Balaban J connectivity index is 1.64. The third-order valence-electron chi connectivity index (χ3n) is 4.82. The molecule has 0 radical (unpaired) electrons. The number of pyridine rings is 1. The maximum absolute atomic E-state index is 12.7. The highest BCUT2D eigenvalue weighted by atomic mass is 32.2. The van der Waals surface area contributed by atoms with Gasteiger partial charge in [0, 0.05) is 25.0 Å². The monoisotopic (exact) mass is 449 g/mol. The molecule has 1 aliphatic rings. The first kappa shape index (κ1) is 22.7. The summed E-state index contributed by atoms with van der Waals surface area (Å²) in [6.07, 6.45) is 1.35. The van der Waals surface area contributed by atoms with E-state index in [0.29, 0.717) is 37.2 Å². The molecule has 1 unspecified atom stereocenters. The Morgan fingerprint density at radius 1 is 1.13 bits per heavy atom. The molecule has 2 aromatic rings. The van der Waals surface area contributed by atoms with Crippen LogP contribution in [0.2, 0.25) is 0 Å². The minimum absolute atomic E-state index is 0.125. The molecule has 1 N–H and O–H groups in total. The van der Waals surface area contributed by atoms with Crippen LogP contribution in [-0.4, -0.2) is 55.2 Å².